The molecule has 3 N–H and O–H groups in total. The van der Waals surface area contributed by atoms with Crippen molar-refractivity contribution in [3.63, 3.8) is 0 Å². The van der Waals surface area contributed by atoms with Crippen LogP contribution < -0.4 is 4.74 Å². The highest BCUT2D eigenvalue weighted by atomic mass is 31.2. The van der Waals surface area contributed by atoms with Gasteiger partial charge in [-0.05, 0) is 34.9 Å². The molecule has 3 aromatic carbocycles. The van der Waals surface area contributed by atoms with Crippen LogP contribution in [0, 0.1) is 0 Å². The van der Waals surface area contributed by atoms with Gasteiger partial charge in [0.1, 0.15) is 18.2 Å². The first-order chi connectivity index (χ1) is 17.8. The Morgan fingerprint density at radius 2 is 1.55 bits per heavy atom. The summed E-state index contributed by atoms with van der Waals surface area (Å²) in [7, 11) is -4.69. The van der Waals surface area contributed by atoms with Gasteiger partial charge in [0.05, 0.1) is 24.1 Å². The van der Waals surface area contributed by atoms with Gasteiger partial charge in [0, 0.05) is 11.0 Å². The van der Waals surface area contributed by atoms with E-state index in [-0.39, 0.29) is 24.5 Å². The van der Waals surface area contributed by atoms with Crippen molar-refractivity contribution in [1.29, 1.82) is 0 Å². The van der Waals surface area contributed by atoms with Crippen LogP contribution in [-0.4, -0.2) is 26.4 Å². The van der Waals surface area contributed by atoms with Crippen LogP contribution in [0.4, 0.5) is 13.2 Å². The number of nitrogens with zero attached hydrogens (tertiary/aromatic N) is 1. The normalized spacial score (nSPS) is 12.5. The van der Waals surface area contributed by atoms with Crippen molar-refractivity contribution in [2.75, 3.05) is 6.61 Å². The van der Waals surface area contributed by atoms with Crippen LogP contribution in [0.3, 0.4) is 0 Å². The zero-order chi connectivity index (χ0) is 27.6. The van der Waals surface area contributed by atoms with Crippen molar-refractivity contribution in [1.82, 2.24) is 9.97 Å². The van der Waals surface area contributed by atoms with Crippen LogP contribution >= 0.6 is 7.82 Å². The predicted octanol–water partition coefficient (Wildman–Crippen LogP) is 6.73. The summed E-state index contributed by atoms with van der Waals surface area (Å²) in [6.07, 6.45) is -3.30. The SMILES string of the molecule is CC(C)(COP(=O)(O)O)c1ncc(-c2ccc(OCc3ccc(-c4ccccc4)cc3)c(C(F)(F)F)c2)[nH]1. The predicted molar refractivity (Wildman–Crippen MR) is 136 cm³/mol. The molecule has 7 nitrogen and oxygen atoms in total. The quantitative estimate of drug-likeness (QED) is 0.201. The second-order valence-electron chi connectivity index (χ2n) is 9.35. The van der Waals surface area contributed by atoms with Crippen LogP contribution in [-0.2, 0) is 27.3 Å². The van der Waals surface area contributed by atoms with E-state index in [0.29, 0.717) is 11.5 Å². The van der Waals surface area contributed by atoms with E-state index in [2.05, 4.69) is 14.5 Å². The molecule has 1 aromatic heterocycles. The number of benzene rings is 3. The molecule has 1 heterocycles. The maximum Gasteiger partial charge on any atom is 0.469 e. The maximum atomic E-state index is 13.9. The Kier molecular flexibility index (Phi) is 7.80. The third kappa shape index (κ3) is 6.90. The minimum absolute atomic E-state index is 0.0422. The number of aromatic nitrogens is 2. The molecule has 38 heavy (non-hydrogen) atoms. The molecule has 0 unspecified atom stereocenters. The number of aromatic amines is 1. The first-order valence-electron chi connectivity index (χ1n) is 11.6. The molecule has 200 valence electrons. The van der Waals surface area contributed by atoms with Crippen molar-refractivity contribution in [2.24, 2.45) is 0 Å². The Hall–Kier alpha value is -3.43. The highest BCUT2D eigenvalue weighted by Crippen LogP contribution is 2.40. The maximum absolute atomic E-state index is 13.9. The highest BCUT2D eigenvalue weighted by Gasteiger charge is 2.35. The summed E-state index contributed by atoms with van der Waals surface area (Å²) in [4.78, 5) is 25.0. The van der Waals surface area contributed by atoms with Gasteiger partial charge in [-0.3, -0.25) is 4.52 Å². The molecule has 0 radical (unpaired) electrons. The lowest BCUT2D eigenvalue weighted by Gasteiger charge is -2.22. The highest BCUT2D eigenvalue weighted by molar-refractivity contribution is 7.46. The summed E-state index contributed by atoms with van der Waals surface area (Å²) >= 11 is 0. The van der Waals surface area contributed by atoms with Gasteiger partial charge in [0.25, 0.3) is 0 Å². The van der Waals surface area contributed by atoms with Crippen molar-refractivity contribution >= 4 is 7.82 Å². The van der Waals surface area contributed by atoms with Crippen molar-refractivity contribution < 1.29 is 36.8 Å². The summed E-state index contributed by atoms with van der Waals surface area (Å²) in [5.74, 6) is -0.00252. The number of rotatable bonds is 9. The average molecular weight is 546 g/mol. The van der Waals surface area contributed by atoms with Gasteiger partial charge < -0.3 is 19.5 Å². The summed E-state index contributed by atoms with van der Waals surface area (Å²) < 4.78 is 63.0. The molecule has 0 aliphatic rings. The molecule has 4 rings (SSSR count). The van der Waals surface area contributed by atoms with E-state index in [0.717, 1.165) is 22.8 Å². The summed E-state index contributed by atoms with van der Waals surface area (Å²) in [6.45, 7) is 2.88. The monoisotopic (exact) mass is 546 g/mol. The molecule has 0 aliphatic carbocycles. The second kappa shape index (κ2) is 10.7. The third-order valence-corrected chi connectivity index (χ3v) is 6.33. The van der Waals surface area contributed by atoms with Crippen molar-refractivity contribution in [3.8, 4) is 28.1 Å². The van der Waals surface area contributed by atoms with Gasteiger partial charge in [0.2, 0.25) is 0 Å². The van der Waals surface area contributed by atoms with Crippen LogP contribution in [0.2, 0.25) is 0 Å². The number of phosphoric ester groups is 1. The number of imidazole rings is 1. The number of alkyl halides is 3. The van der Waals surface area contributed by atoms with Gasteiger partial charge in [-0.25, -0.2) is 9.55 Å². The lowest BCUT2D eigenvalue weighted by atomic mass is 9.94. The fraction of sp³-hybridized carbons (Fsp3) is 0.222. The number of nitrogens with one attached hydrogen (secondary N) is 1. The van der Waals surface area contributed by atoms with E-state index in [1.807, 2.05) is 54.6 Å². The molecule has 0 saturated carbocycles. The smallest absolute Gasteiger partial charge is 0.469 e. The lowest BCUT2D eigenvalue weighted by molar-refractivity contribution is -0.139. The molecule has 0 saturated heterocycles. The van der Waals surface area contributed by atoms with E-state index in [9.17, 15) is 17.7 Å². The number of phosphoric acid groups is 1. The summed E-state index contributed by atoms with van der Waals surface area (Å²) in [5, 5.41) is 0. The number of hydrogen-bond acceptors (Lipinski definition) is 4. The molecule has 11 heteroatoms. The Bertz CT molecular complexity index is 1430. The molecule has 0 fully saturated rings. The van der Waals surface area contributed by atoms with Crippen LogP contribution in [0.15, 0.2) is 79.0 Å². The zero-order valence-corrected chi connectivity index (χ0v) is 21.5. The largest absolute Gasteiger partial charge is 0.488 e. The van der Waals surface area contributed by atoms with Gasteiger partial charge in [0.15, 0.2) is 0 Å². The van der Waals surface area contributed by atoms with E-state index in [1.54, 1.807) is 13.8 Å². The molecule has 0 amide bonds. The van der Waals surface area contributed by atoms with Gasteiger partial charge in [-0.15, -0.1) is 0 Å². The fourth-order valence-electron chi connectivity index (χ4n) is 3.76. The molecule has 4 aromatic rings. The van der Waals surface area contributed by atoms with Crippen molar-refractivity contribution in [3.05, 3.63) is 95.9 Å². The molecule has 0 atom stereocenters. The Morgan fingerprint density at radius 1 is 0.921 bits per heavy atom. The van der Waals surface area contributed by atoms with Gasteiger partial charge >= 0.3 is 14.0 Å². The number of halogens is 3. The van der Waals surface area contributed by atoms with Gasteiger partial charge in [-0.1, -0.05) is 68.4 Å². The first-order valence-corrected chi connectivity index (χ1v) is 13.1. The van der Waals surface area contributed by atoms with Crippen LogP contribution in [0.25, 0.3) is 22.4 Å². The average Bonchev–Trinajstić information content (AvgIpc) is 3.38. The van der Waals surface area contributed by atoms with Crippen LogP contribution in [0.5, 0.6) is 5.75 Å². The number of H-pyrrole nitrogens is 1. The van der Waals surface area contributed by atoms with Gasteiger partial charge in [-0.2, -0.15) is 13.2 Å². The zero-order valence-electron chi connectivity index (χ0n) is 20.6. The molecule has 0 bridgehead atoms. The van der Waals surface area contributed by atoms with Crippen molar-refractivity contribution in [2.45, 2.75) is 32.0 Å². The van der Waals surface area contributed by atoms with E-state index < -0.39 is 25.0 Å². The summed E-state index contributed by atoms with van der Waals surface area (Å²) in [5.41, 5.74) is 1.40. The lowest BCUT2D eigenvalue weighted by Crippen LogP contribution is -2.25. The molecule has 0 aliphatic heterocycles. The third-order valence-electron chi connectivity index (χ3n) is 5.86. The van der Waals surface area contributed by atoms with E-state index in [1.165, 1.54) is 18.3 Å². The fourth-order valence-corrected chi connectivity index (χ4v) is 4.25. The molecular weight excluding hydrogens is 520 g/mol. The number of ether oxygens (including phenoxy) is 1. The first kappa shape index (κ1) is 27.6. The second-order valence-corrected chi connectivity index (χ2v) is 10.6. The molecular formula is C27H26F3N2O5P. The Balaban J connectivity index is 1.52. The Labute approximate surface area is 217 Å². The minimum Gasteiger partial charge on any atom is -0.488 e. The van der Waals surface area contributed by atoms with Crippen LogP contribution in [0.1, 0.15) is 30.8 Å². The van der Waals surface area contributed by atoms with E-state index >= 15 is 0 Å². The topological polar surface area (TPSA) is 105 Å². The van der Waals surface area contributed by atoms with E-state index in [4.69, 9.17) is 14.5 Å². The Morgan fingerprint density at radius 3 is 2.18 bits per heavy atom. The minimum atomic E-state index is -4.69. The number of hydrogen-bond donors (Lipinski definition) is 3. The molecule has 0 spiro atoms. The standard InChI is InChI=1S/C27H26F3N2O5P/c1-26(2,17-37-38(33,34)35)25-31-15-23(32-25)21-12-13-24(22(14-21)27(28,29)30)36-16-18-8-10-20(11-9-18)19-6-4-3-5-7-19/h3-15H,16-17H2,1-2H3,(H,31,32)(H2,33,34,35). The summed E-state index contributed by atoms with van der Waals surface area (Å²) in [6, 6.07) is 20.9.